The van der Waals surface area contributed by atoms with Crippen LogP contribution in [-0.2, 0) is 20.9 Å². The molecule has 2 atom stereocenters. The first-order valence-corrected chi connectivity index (χ1v) is 9.35. The van der Waals surface area contributed by atoms with Crippen LogP contribution in [0.1, 0.15) is 48.0 Å². The molecule has 1 N–H and O–H groups in total. The minimum absolute atomic E-state index is 0.0328. The number of rotatable bonds is 4. The van der Waals surface area contributed by atoms with Gasteiger partial charge in [-0.05, 0) is 36.5 Å². The van der Waals surface area contributed by atoms with E-state index in [9.17, 15) is 24.3 Å². The van der Waals surface area contributed by atoms with Gasteiger partial charge < -0.3 is 10.0 Å². The molecular weight excluding hydrogens is 348 g/mol. The molecule has 4 rings (SSSR count). The van der Waals surface area contributed by atoms with Gasteiger partial charge in [-0.2, -0.15) is 0 Å². The molecule has 2 aliphatic heterocycles. The molecule has 7 nitrogen and oxygen atoms in total. The maximum Gasteiger partial charge on any atom is 0.311 e. The van der Waals surface area contributed by atoms with Crippen molar-refractivity contribution in [2.45, 2.75) is 38.6 Å². The Bertz CT molecular complexity index is 802. The van der Waals surface area contributed by atoms with E-state index in [2.05, 4.69) is 0 Å². The highest BCUT2D eigenvalue weighted by atomic mass is 16.4. The van der Waals surface area contributed by atoms with Crippen LogP contribution in [0, 0.1) is 11.3 Å². The molecule has 2 saturated heterocycles. The second-order valence-electron chi connectivity index (χ2n) is 7.81. The fourth-order valence-electron chi connectivity index (χ4n) is 4.71. The number of nitrogens with zero attached hydrogens (tertiary/aromatic N) is 2. The number of benzene rings is 1. The van der Waals surface area contributed by atoms with Crippen molar-refractivity contribution < 1.29 is 24.3 Å². The van der Waals surface area contributed by atoms with Gasteiger partial charge in [-0.25, -0.2) is 0 Å². The Morgan fingerprint density at radius 2 is 1.78 bits per heavy atom. The fourth-order valence-corrected chi connectivity index (χ4v) is 4.71. The van der Waals surface area contributed by atoms with Crippen molar-refractivity contribution in [3.8, 4) is 0 Å². The van der Waals surface area contributed by atoms with Crippen molar-refractivity contribution >= 4 is 23.7 Å². The van der Waals surface area contributed by atoms with Gasteiger partial charge in [-0.1, -0.05) is 18.6 Å². The van der Waals surface area contributed by atoms with E-state index < -0.39 is 11.4 Å². The van der Waals surface area contributed by atoms with Crippen LogP contribution in [0.15, 0.2) is 24.3 Å². The van der Waals surface area contributed by atoms with Crippen molar-refractivity contribution in [2.24, 2.45) is 11.3 Å². The maximum absolute atomic E-state index is 12.8. The summed E-state index contributed by atoms with van der Waals surface area (Å²) < 4.78 is 0. The normalized spacial score (nSPS) is 27.3. The van der Waals surface area contributed by atoms with Crippen LogP contribution in [0.25, 0.3) is 0 Å². The SMILES string of the molecule is O=C(c1ccc(CN2C(=O)CCC2=O)cc1)N1C[C@@H]2CCC[C@@]2(C(=O)O)C1. The van der Waals surface area contributed by atoms with Crippen molar-refractivity contribution in [3.63, 3.8) is 0 Å². The summed E-state index contributed by atoms with van der Waals surface area (Å²) in [6, 6.07) is 6.86. The molecule has 3 amide bonds. The van der Waals surface area contributed by atoms with E-state index in [1.807, 2.05) is 0 Å². The van der Waals surface area contributed by atoms with Crippen molar-refractivity contribution in [2.75, 3.05) is 13.1 Å². The molecule has 7 heteroatoms. The third-order valence-electron chi connectivity index (χ3n) is 6.28. The number of fused-ring (bicyclic) bond motifs is 1. The molecule has 3 aliphatic rings. The largest absolute Gasteiger partial charge is 0.481 e. The minimum Gasteiger partial charge on any atom is -0.481 e. The zero-order valence-electron chi connectivity index (χ0n) is 15.0. The van der Waals surface area contributed by atoms with Crippen LogP contribution in [0.5, 0.6) is 0 Å². The van der Waals surface area contributed by atoms with Gasteiger partial charge in [-0.15, -0.1) is 0 Å². The number of carboxylic acids is 1. The topological polar surface area (TPSA) is 95.0 Å². The summed E-state index contributed by atoms with van der Waals surface area (Å²) in [6.07, 6.45) is 2.91. The number of carbonyl (C=O) groups is 4. The molecule has 142 valence electrons. The first-order valence-electron chi connectivity index (χ1n) is 9.35. The summed E-state index contributed by atoms with van der Waals surface area (Å²) in [7, 11) is 0. The maximum atomic E-state index is 12.8. The number of hydrogen-bond donors (Lipinski definition) is 1. The zero-order valence-corrected chi connectivity index (χ0v) is 15.0. The number of carbonyl (C=O) groups excluding carboxylic acids is 3. The highest BCUT2D eigenvalue weighted by molar-refractivity contribution is 6.01. The zero-order chi connectivity index (χ0) is 19.2. The van der Waals surface area contributed by atoms with E-state index >= 15 is 0 Å². The van der Waals surface area contributed by atoms with Crippen LogP contribution in [0.2, 0.25) is 0 Å². The summed E-state index contributed by atoms with van der Waals surface area (Å²) in [4.78, 5) is 50.9. The van der Waals surface area contributed by atoms with Gasteiger partial charge in [-0.3, -0.25) is 24.1 Å². The number of likely N-dealkylation sites (tertiary alicyclic amines) is 2. The number of carboxylic acid groups (broad SMARTS) is 1. The second-order valence-corrected chi connectivity index (χ2v) is 7.81. The third kappa shape index (κ3) is 2.91. The van der Waals surface area contributed by atoms with E-state index in [4.69, 9.17) is 0 Å². The molecule has 2 heterocycles. The molecule has 0 radical (unpaired) electrons. The van der Waals surface area contributed by atoms with E-state index in [1.165, 1.54) is 4.90 Å². The van der Waals surface area contributed by atoms with Crippen molar-refractivity contribution in [1.82, 2.24) is 9.80 Å². The fraction of sp³-hybridized carbons (Fsp3) is 0.500. The second kappa shape index (κ2) is 6.48. The predicted octanol–water partition coefficient (Wildman–Crippen LogP) is 1.66. The van der Waals surface area contributed by atoms with Gasteiger partial charge in [0, 0.05) is 31.5 Å². The van der Waals surface area contributed by atoms with Gasteiger partial charge in [0.05, 0.1) is 12.0 Å². The van der Waals surface area contributed by atoms with Crippen molar-refractivity contribution in [1.29, 1.82) is 0 Å². The van der Waals surface area contributed by atoms with Crippen LogP contribution >= 0.6 is 0 Å². The number of amides is 3. The molecule has 27 heavy (non-hydrogen) atoms. The van der Waals surface area contributed by atoms with Crippen LogP contribution in [0.4, 0.5) is 0 Å². The summed E-state index contributed by atoms with van der Waals surface area (Å²) in [5, 5.41) is 9.66. The molecule has 3 fully saturated rings. The van der Waals surface area contributed by atoms with Crippen LogP contribution < -0.4 is 0 Å². The van der Waals surface area contributed by atoms with E-state index in [-0.39, 0.29) is 49.6 Å². The lowest BCUT2D eigenvalue weighted by atomic mass is 9.81. The predicted molar refractivity (Wildman–Crippen MR) is 94.5 cm³/mol. The standard InChI is InChI=1S/C20H22N2O5/c23-16-7-8-17(24)22(16)10-13-3-5-14(6-4-13)18(25)21-11-15-2-1-9-20(15,12-21)19(26)27/h3-6,15H,1-2,7-12H2,(H,26,27)/t15-,20+/m0/s1. The number of imide groups is 1. The molecule has 0 bridgehead atoms. The first kappa shape index (κ1) is 17.7. The molecular formula is C20H22N2O5. The molecule has 1 aromatic carbocycles. The Kier molecular flexibility index (Phi) is 4.25. The number of hydrogen-bond acceptors (Lipinski definition) is 4. The molecule has 0 unspecified atom stereocenters. The Balaban J connectivity index is 1.45. The van der Waals surface area contributed by atoms with E-state index in [0.29, 0.717) is 18.5 Å². The monoisotopic (exact) mass is 370 g/mol. The average molecular weight is 370 g/mol. The van der Waals surface area contributed by atoms with Crippen molar-refractivity contribution in [3.05, 3.63) is 35.4 Å². The van der Waals surface area contributed by atoms with E-state index in [0.717, 1.165) is 18.4 Å². The molecule has 1 aromatic rings. The third-order valence-corrected chi connectivity index (χ3v) is 6.28. The lowest BCUT2D eigenvalue weighted by molar-refractivity contribution is -0.149. The van der Waals surface area contributed by atoms with Gasteiger partial charge in [0.1, 0.15) is 0 Å². The van der Waals surface area contributed by atoms with Gasteiger partial charge in [0.25, 0.3) is 5.91 Å². The van der Waals surface area contributed by atoms with Crippen LogP contribution in [0.3, 0.4) is 0 Å². The minimum atomic E-state index is -0.796. The summed E-state index contributed by atoms with van der Waals surface area (Å²) in [5.74, 6) is -1.25. The lowest BCUT2D eigenvalue weighted by Gasteiger charge is -2.23. The Morgan fingerprint density at radius 1 is 1.11 bits per heavy atom. The summed E-state index contributed by atoms with van der Waals surface area (Å²) >= 11 is 0. The summed E-state index contributed by atoms with van der Waals surface area (Å²) in [5.41, 5.74) is 0.500. The van der Waals surface area contributed by atoms with E-state index in [1.54, 1.807) is 29.2 Å². The Labute approximate surface area is 156 Å². The smallest absolute Gasteiger partial charge is 0.311 e. The molecule has 0 spiro atoms. The van der Waals surface area contributed by atoms with Gasteiger partial charge in [0.15, 0.2) is 0 Å². The molecule has 1 aliphatic carbocycles. The average Bonchev–Trinajstić information content (AvgIpc) is 3.30. The highest BCUT2D eigenvalue weighted by Gasteiger charge is 2.55. The van der Waals surface area contributed by atoms with Crippen LogP contribution in [-0.4, -0.2) is 51.7 Å². The molecule has 1 saturated carbocycles. The van der Waals surface area contributed by atoms with Gasteiger partial charge >= 0.3 is 5.97 Å². The summed E-state index contributed by atoms with van der Waals surface area (Å²) in [6.45, 7) is 0.980. The number of aliphatic carboxylic acids is 1. The lowest BCUT2D eigenvalue weighted by Crippen LogP contribution is -2.37. The Hall–Kier alpha value is -2.70. The Morgan fingerprint density at radius 3 is 2.37 bits per heavy atom. The van der Waals surface area contributed by atoms with Gasteiger partial charge in [0.2, 0.25) is 11.8 Å². The highest BCUT2D eigenvalue weighted by Crippen LogP contribution is 2.49. The quantitative estimate of drug-likeness (QED) is 0.814. The molecule has 0 aromatic heterocycles. The first-order chi connectivity index (χ1) is 12.9.